The van der Waals surface area contributed by atoms with Crippen molar-refractivity contribution in [3.63, 3.8) is 0 Å². The summed E-state index contributed by atoms with van der Waals surface area (Å²) in [6.07, 6.45) is 2.57. The molecule has 23 heavy (non-hydrogen) atoms. The molecule has 1 fully saturated rings. The van der Waals surface area contributed by atoms with Gasteiger partial charge in [-0.15, -0.1) is 0 Å². The lowest BCUT2D eigenvalue weighted by atomic mass is 10.2. The van der Waals surface area contributed by atoms with Crippen molar-refractivity contribution in [2.45, 2.75) is 19.1 Å². The summed E-state index contributed by atoms with van der Waals surface area (Å²) in [4.78, 5) is 4.18. The lowest BCUT2D eigenvalue weighted by Gasteiger charge is -2.12. The van der Waals surface area contributed by atoms with Crippen molar-refractivity contribution in [1.82, 2.24) is 4.98 Å². The second-order valence-electron chi connectivity index (χ2n) is 5.27. The number of hydrogen-bond donors (Lipinski definition) is 1. The fourth-order valence-corrected chi connectivity index (χ4v) is 2.33. The highest BCUT2D eigenvalue weighted by molar-refractivity contribution is 5.49. The highest BCUT2D eigenvalue weighted by Gasteiger charge is 2.17. The fourth-order valence-electron chi connectivity index (χ4n) is 2.33. The van der Waals surface area contributed by atoms with Crippen LogP contribution in [0.25, 0.3) is 0 Å². The number of halogens is 1. The van der Waals surface area contributed by atoms with Crippen LogP contribution in [0.15, 0.2) is 36.5 Å². The Hall–Kier alpha value is -2.65. The Labute approximate surface area is 133 Å². The van der Waals surface area contributed by atoms with E-state index in [9.17, 15) is 4.39 Å². The van der Waals surface area contributed by atoms with E-state index in [4.69, 9.17) is 14.7 Å². The van der Waals surface area contributed by atoms with E-state index in [0.717, 1.165) is 12.0 Å². The number of nitrogens with zero attached hydrogens (tertiary/aromatic N) is 2. The smallest absolute Gasteiger partial charge is 0.213 e. The SMILES string of the molecule is N#Cc1ccc(NCc2ccnc(OC3CCOC3)c2)c(F)c1. The number of anilines is 1. The summed E-state index contributed by atoms with van der Waals surface area (Å²) < 4.78 is 24.8. The topological polar surface area (TPSA) is 67.2 Å². The zero-order valence-corrected chi connectivity index (χ0v) is 12.5. The fraction of sp³-hybridized carbons (Fsp3) is 0.294. The maximum absolute atomic E-state index is 13.8. The summed E-state index contributed by atoms with van der Waals surface area (Å²) in [7, 11) is 0. The first-order valence-corrected chi connectivity index (χ1v) is 7.37. The van der Waals surface area contributed by atoms with Crippen LogP contribution >= 0.6 is 0 Å². The largest absolute Gasteiger partial charge is 0.472 e. The van der Waals surface area contributed by atoms with Crippen molar-refractivity contribution < 1.29 is 13.9 Å². The minimum absolute atomic E-state index is 0.0432. The van der Waals surface area contributed by atoms with Gasteiger partial charge in [0, 0.05) is 25.2 Å². The van der Waals surface area contributed by atoms with Crippen molar-refractivity contribution in [3.05, 3.63) is 53.5 Å². The van der Waals surface area contributed by atoms with Gasteiger partial charge in [-0.3, -0.25) is 0 Å². The maximum Gasteiger partial charge on any atom is 0.213 e. The van der Waals surface area contributed by atoms with Crippen LogP contribution in [0.3, 0.4) is 0 Å². The molecule has 1 unspecified atom stereocenters. The van der Waals surface area contributed by atoms with Gasteiger partial charge >= 0.3 is 0 Å². The van der Waals surface area contributed by atoms with Crippen LogP contribution in [0.5, 0.6) is 5.88 Å². The molecule has 1 aromatic carbocycles. The normalized spacial score (nSPS) is 16.8. The van der Waals surface area contributed by atoms with Crippen LogP contribution in [-0.2, 0) is 11.3 Å². The highest BCUT2D eigenvalue weighted by Crippen LogP contribution is 2.19. The van der Waals surface area contributed by atoms with E-state index < -0.39 is 5.82 Å². The molecule has 118 valence electrons. The number of aromatic nitrogens is 1. The van der Waals surface area contributed by atoms with E-state index in [2.05, 4.69) is 10.3 Å². The number of nitriles is 1. The Morgan fingerprint density at radius 2 is 2.30 bits per heavy atom. The average Bonchev–Trinajstić information content (AvgIpc) is 3.07. The summed E-state index contributed by atoms with van der Waals surface area (Å²) in [5.41, 5.74) is 1.58. The third-order valence-electron chi connectivity index (χ3n) is 3.56. The van der Waals surface area contributed by atoms with Gasteiger partial charge in [0.1, 0.15) is 11.9 Å². The quantitative estimate of drug-likeness (QED) is 0.919. The van der Waals surface area contributed by atoms with E-state index in [0.29, 0.717) is 36.9 Å². The van der Waals surface area contributed by atoms with Gasteiger partial charge in [-0.05, 0) is 29.8 Å². The molecule has 1 aliphatic rings. The van der Waals surface area contributed by atoms with Gasteiger partial charge in [-0.25, -0.2) is 9.37 Å². The van der Waals surface area contributed by atoms with Crippen LogP contribution in [0.2, 0.25) is 0 Å². The molecule has 1 saturated heterocycles. The van der Waals surface area contributed by atoms with E-state index in [-0.39, 0.29) is 6.10 Å². The van der Waals surface area contributed by atoms with E-state index >= 15 is 0 Å². The van der Waals surface area contributed by atoms with Crippen molar-refractivity contribution in [3.8, 4) is 11.9 Å². The Morgan fingerprint density at radius 1 is 1.39 bits per heavy atom. The molecule has 2 aromatic rings. The van der Waals surface area contributed by atoms with Gasteiger partial charge in [0.05, 0.1) is 30.5 Å². The van der Waals surface area contributed by atoms with Gasteiger partial charge < -0.3 is 14.8 Å². The molecule has 0 aliphatic carbocycles. The van der Waals surface area contributed by atoms with Crippen LogP contribution in [0.1, 0.15) is 17.5 Å². The van der Waals surface area contributed by atoms with E-state index in [1.54, 1.807) is 18.3 Å². The van der Waals surface area contributed by atoms with Crippen LogP contribution in [0, 0.1) is 17.1 Å². The van der Waals surface area contributed by atoms with Crippen molar-refractivity contribution in [1.29, 1.82) is 5.26 Å². The van der Waals surface area contributed by atoms with Gasteiger partial charge in [0.25, 0.3) is 0 Å². The minimum Gasteiger partial charge on any atom is -0.472 e. The molecule has 1 N–H and O–H groups in total. The molecule has 2 heterocycles. The summed E-state index contributed by atoms with van der Waals surface area (Å²) in [5, 5.41) is 11.8. The molecule has 0 radical (unpaired) electrons. The number of pyridine rings is 1. The molecule has 0 amide bonds. The predicted octanol–water partition coefficient (Wildman–Crippen LogP) is 2.87. The standard InChI is InChI=1S/C17H16FN3O2/c18-15-7-12(9-19)1-2-16(15)21-10-13-3-5-20-17(8-13)23-14-4-6-22-11-14/h1-3,5,7-8,14,21H,4,6,10-11H2. The van der Waals surface area contributed by atoms with Crippen LogP contribution in [-0.4, -0.2) is 24.3 Å². The Bertz CT molecular complexity index is 724. The zero-order valence-electron chi connectivity index (χ0n) is 12.5. The monoisotopic (exact) mass is 313 g/mol. The lowest BCUT2D eigenvalue weighted by molar-refractivity contribution is 0.138. The van der Waals surface area contributed by atoms with E-state index in [1.807, 2.05) is 18.2 Å². The van der Waals surface area contributed by atoms with E-state index in [1.165, 1.54) is 6.07 Å². The second-order valence-corrected chi connectivity index (χ2v) is 5.27. The zero-order chi connectivity index (χ0) is 16.1. The Morgan fingerprint density at radius 3 is 3.04 bits per heavy atom. The maximum atomic E-state index is 13.8. The predicted molar refractivity (Wildman–Crippen MR) is 82.5 cm³/mol. The molecule has 1 atom stereocenters. The lowest BCUT2D eigenvalue weighted by Crippen LogP contribution is -2.16. The number of ether oxygens (including phenoxy) is 2. The molecular weight excluding hydrogens is 297 g/mol. The number of rotatable bonds is 5. The van der Waals surface area contributed by atoms with Crippen molar-refractivity contribution in [2.24, 2.45) is 0 Å². The van der Waals surface area contributed by atoms with Gasteiger partial charge in [0.15, 0.2) is 0 Å². The first-order chi connectivity index (χ1) is 11.2. The molecular formula is C17H16FN3O2. The summed E-state index contributed by atoms with van der Waals surface area (Å²) in [6, 6.07) is 9.92. The number of nitrogens with one attached hydrogen (secondary N) is 1. The van der Waals surface area contributed by atoms with Crippen LogP contribution < -0.4 is 10.1 Å². The first kappa shape index (κ1) is 15.3. The molecule has 0 spiro atoms. The van der Waals surface area contributed by atoms with Gasteiger partial charge in [-0.2, -0.15) is 5.26 Å². The van der Waals surface area contributed by atoms with Gasteiger partial charge in [-0.1, -0.05) is 0 Å². The second kappa shape index (κ2) is 7.07. The molecule has 1 aliphatic heterocycles. The summed E-state index contributed by atoms with van der Waals surface area (Å²) in [5.74, 6) is 0.0952. The molecule has 0 saturated carbocycles. The first-order valence-electron chi connectivity index (χ1n) is 7.37. The minimum atomic E-state index is -0.447. The van der Waals surface area contributed by atoms with Crippen molar-refractivity contribution in [2.75, 3.05) is 18.5 Å². The van der Waals surface area contributed by atoms with Crippen LogP contribution in [0.4, 0.5) is 10.1 Å². The summed E-state index contributed by atoms with van der Waals surface area (Å²) >= 11 is 0. The third-order valence-corrected chi connectivity index (χ3v) is 3.56. The average molecular weight is 313 g/mol. The molecule has 0 bridgehead atoms. The number of benzene rings is 1. The molecule has 1 aromatic heterocycles. The molecule has 5 nitrogen and oxygen atoms in total. The Balaban J connectivity index is 1.63. The Kier molecular flexibility index (Phi) is 4.69. The third kappa shape index (κ3) is 3.96. The molecule has 3 rings (SSSR count). The summed E-state index contributed by atoms with van der Waals surface area (Å²) in [6.45, 7) is 1.73. The van der Waals surface area contributed by atoms with Gasteiger partial charge in [0.2, 0.25) is 5.88 Å². The van der Waals surface area contributed by atoms with Crippen molar-refractivity contribution >= 4 is 5.69 Å². The highest BCUT2D eigenvalue weighted by atomic mass is 19.1. The molecule has 6 heteroatoms. The number of hydrogen-bond acceptors (Lipinski definition) is 5.